The molecule has 1 nitrogen and oxygen atoms in total. The normalized spacial score (nSPS) is 20.1. The van der Waals surface area contributed by atoms with Crippen molar-refractivity contribution in [1.82, 2.24) is 0 Å². The van der Waals surface area contributed by atoms with Crippen molar-refractivity contribution in [2.75, 3.05) is 0 Å². The van der Waals surface area contributed by atoms with Crippen molar-refractivity contribution in [3.63, 3.8) is 0 Å². The maximum atomic E-state index is 6.15. The number of hydrogen-bond acceptors (Lipinski definition) is 2. The predicted octanol–water partition coefficient (Wildman–Crippen LogP) is 1.79. The molecule has 2 heteroatoms. The van der Waals surface area contributed by atoms with Gasteiger partial charge in [0.1, 0.15) is 0 Å². The molecule has 15 heavy (non-hydrogen) atoms. The minimum absolute atomic E-state index is 0.575. The molecule has 1 aromatic carbocycles. The Morgan fingerprint density at radius 2 is 2.13 bits per heavy atom. The monoisotopic (exact) mass is 215 g/mol. The first kappa shape index (κ1) is 8.98. The third-order valence-electron chi connectivity index (χ3n) is 2.92. The van der Waals surface area contributed by atoms with Gasteiger partial charge in [-0.2, -0.15) is 0 Å². The lowest BCUT2D eigenvalue weighted by atomic mass is 9.99. The Kier molecular flexibility index (Phi) is 1.86. The second kappa shape index (κ2) is 3.11. The quantitative estimate of drug-likeness (QED) is 0.712. The van der Waals surface area contributed by atoms with E-state index in [0.717, 1.165) is 12.1 Å². The first-order valence-electron chi connectivity index (χ1n) is 5.24. The van der Waals surface area contributed by atoms with E-state index in [9.17, 15) is 0 Å². The molecule has 1 heterocycles. The summed E-state index contributed by atoms with van der Waals surface area (Å²) >= 11 is 1.85. The Morgan fingerprint density at radius 1 is 1.33 bits per heavy atom. The molecule has 76 valence electrons. The number of rotatable bonds is 0. The average Bonchev–Trinajstić information content (AvgIpc) is 2.54. The van der Waals surface area contributed by atoms with Crippen LogP contribution in [0.1, 0.15) is 13.3 Å². The first-order chi connectivity index (χ1) is 7.25. The standard InChI is InChI=1S/C13H13NS/c1-8-6-10(14)13-9-4-2-3-5-11(9)15-12(13)7-8/h2-5,7-8H,6,14H2,1H3. The van der Waals surface area contributed by atoms with E-state index in [2.05, 4.69) is 37.3 Å². The van der Waals surface area contributed by atoms with Gasteiger partial charge in [-0.05, 0) is 18.4 Å². The molecule has 0 saturated carbocycles. The highest BCUT2D eigenvalue weighted by Crippen LogP contribution is 2.18. The number of fused-ring (bicyclic) bond motifs is 3. The van der Waals surface area contributed by atoms with Crippen LogP contribution in [-0.4, -0.2) is 0 Å². The van der Waals surface area contributed by atoms with Gasteiger partial charge in [-0.15, -0.1) is 11.3 Å². The highest BCUT2D eigenvalue weighted by molar-refractivity contribution is 7.17. The molecule has 1 aliphatic rings. The van der Waals surface area contributed by atoms with Gasteiger partial charge in [-0.1, -0.05) is 31.2 Å². The van der Waals surface area contributed by atoms with Crippen LogP contribution in [0.5, 0.6) is 0 Å². The molecule has 0 radical (unpaired) electrons. The molecule has 0 spiro atoms. The van der Waals surface area contributed by atoms with Gasteiger partial charge in [-0.25, -0.2) is 0 Å². The Bertz CT molecular complexity index is 636. The van der Waals surface area contributed by atoms with E-state index in [1.807, 2.05) is 11.3 Å². The Balaban J connectivity index is 2.57. The van der Waals surface area contributed by atoms with Gasteiger partial charge in [0.05, 0.1) is 0 Å². The Hall–Kier alpha value is -1.28. The summed E-state index contributed by atoms with van der Waals surface area (Å²) in [5.74, 6) is 0.575. The molecule has 1 aromatic heterocycles. The van der Waals surface area contributed by atoms with Crippen molar-refractivity contribution in [2.24, 2.45) is 11.7 Å². The summed E-state index contributed by atoms with van der Waals surface area (Å²) in [6.45, 7) is 2.22. The SMILES string of the molecule is CC1C=c2sc3ccccc3c2=C(N)C1. The summed E-state index contributed by atoms with van der Waals surface area (Å²) in [5.41, 5.74) is 7.20. The van der Waals surface area contributed by atoms with E-state index in [-0.39, 0.29) is 0 Å². The molecule has 3 rings (SSSR count). The topological polar surface area (TPSA) is 26.0 Å². The van der Waals surface area contributed by atoms with Crippen molar-refractivity contribution < 1.29 is 0 Å². The van der Waals surface area contributed by atoms with Gasteiger partial charge in [-0.3, -0.25) is 0 Å². The zero-order chi connectivity index (χ0) is 10.4. The molecule has 2 aromatic rings. The molecule has 0 amide bonds. The van der Waals surface area contributed by atoms with Crippen molar-refractivity contribution in [1.29, 1.82) is 0 Å². The van der Waals surface area contributed by atoms with Gasteiger partial charge in [0.15, 0.2) is 0 Å². The predicted molar refractivity (Wildman–Crippen MR) is 66.9 cm³/mol. The summed E-state index contributed by atoms with van der Waals surface area (Å²) in [4.78, 5) is 0. The van der Waals surface area contributed by atoms with Crippen LogP contribution in [0.3, 0.4) is 0 Å². The fourth-order valence-electron chi connectivity index (χ4n) is 2.28. The maximum Gasteiger partial charge on any atom is 0.0355 e. The molecule has 0 saturated heterocycles. The van der Waals surface area contributed by atoms with Crippen LogP contribution in [0.4, 0.5) is 0 Å². The van der Waals surface area contributed by atoms with Crippen molar-refractivity contribution >= 4 is 33.2 Å². The number of thiophene rings is 1. The number of hydrogen-bond donors (Lipinski definition) is 1. The number of nitrogens with two attached hydrogens (primary N) is 1. The first-order valence-corrected chi connectivity index (χ1v) is 6.05. The summed E-state index contributed by atoms with van der Waals surface area (Å²) in [7, 11) is 0. The van der Waals surface area contributed by atoms with Gasteiger partial charge in [0.25, 0.3) is 0 Å². The van der Waals surface area contributed by atoms with Crippen LogP contribution in [-0.2, 0) is 0 Å². The van der Waals surface area contributed by atoms with Gasteiger partial charge in [0, 0.05) is 25.5 Å². The van der Waals surface area contributed by atoms with E-state index in [1.54, 1.807) is 0 Å². The minimum Gasteiger partial charge on any atom is -0.401 e. The molecule has 1 aliphatic carbocycles. The Morgan fingerprint density at radius 3 is 3.00 bits per heavy atom. The molecule has 0 bridgehead atoms. The largest absolute Gasteiger partial charge is 0.401 e. The molecular weight excluding hydrogens is 202 g/mol. The number of benzene rings is 1. The van der Waals surface area contributed by atoms with Crippen molar-refractivity contribution in [3.8, 4) is 0 Å². The van der Waals surface area contributed by atoms with E-state index >= 15 is 0 Å². The minimum atomic E-state index is 0.575. The lowest BCUT2D eigenvalue weighted by Gasteiger charge is -2.10. The van der Waals surface area contributed by atoms with Crippen LogP contribution >= 0.6 is 11.3 Å². The van der Waals surface area contributed by atoms with Crippen molar-refractivity contribution in [3.05, 3.63) is 34.0 Å². The van der Waals surface area contributed by atoms with Crippen LogP contribution in [0.15, 0.2) is 24.3 Å². The lowest BCUT2D eigenvalue weighted by molar-refractivity contribution is 0.781. The lowest BCUT2D eigenvalue weighted by Crippen LogP contribution is -2.30. The fourth-order valence-corrected chi connectivity index (χ4v) is 3.59. The highest BCUT2D eigenvalue weighted by atomic mass is 32.1. The van der Waals surface area contributed by atoms with Crippen LogP contribution in [0.2, 0.25) is 0 Å². The smallest absolute Gasteiger partial charge is 0.0355 e. The fraction of sp³-hybridized carbons (Fsp3) is 0.231. The second-order valence-electron chi connectivity index (χ2n) is 4.21. The van der Waals surface area contributed by atoms with E-state index in [4.69, 9.17) is 5.73 Å². The van der Waals surface area contributed by atoms with Crippen LogP contribution in [0.25, 0.3) is 21.9 Å². The molecular formula is C13H13NS. The molecule has 2 N–H and O–H groups in total. The molecule has 0 aliphatic heterocycles. The van der Waals surface area contributed by atoms with Crippen LogP contribution < -0.4 is 15.5 Å². The summed E-state index contributed by atoms with van der Waals surface area (Å²) in [6, 6.07) is 8.51. The third kappa shape index (κ3) is 1.29. The Labute approximate surface area is 92.5 Å². The summed E-state index contributed by atoms with van der Waals surface area (Å²) in [5, 5.41) is 2.60. The van der Waals surface area contributed by atoms with Gasteiger partial charge in [0.2, 0.25) is 0 Å². The van der Waals surface area contributed by atoms with E-state index in [1.165, 1.54) is 19.8 Å². The highest BCUT2D eigenvalue weighted by Gasteiger charge is 2.11. The average molecular weight is 215 g/mol. The van der Waals surface area contributed by atoms with E-state index < -0.39 is 0 Å². The van der Waals surface area contributed by atoms with Crippen molar-refractivity contribution in [2.45, 2.75) is 13.3 Å². The summed E-state index contributed by atoms with van der Waals surface area (Å²) < 4.78 is 2.70. The molecule has 1 atom stereocenters. The maximum absolute atomic E-state index is 6.15. The zero-order valence-electron chi connectivity index (χ0n) is 8.66. The van der Waals surface area contributed by atoms with Gasteiger partial charge >= 0.3 is 0 Å². The zero-order valence-corrected chi connectivity index (χ0v) is 9.47. The third-order valence-corrected chi connectivity index (χ3v) is 4.06. The van der Waals surface area contributed by atoms with Crippen LogP contribution in [0, 0.1) is 5.92 Å². The second-order valence-corrected chi connectivity index (χ2v) is 5.29. The summed E-state index contributed by atoms with van der Waals surface area (Å²) in [6.07, 6.45) is 3.34. The molecule has 0 fully saturated rings. The van der Waals surface area contributed by atoms with E-state index in [0.29, 0.717) is 5.92 Å². The molecule has 1 unspecified atom stereocenters. The van der Waals surface area contributed by atoms with Gasteiger partial charge < -0.3 is 5.73 Å².